The van der Waals surface area contributed by atoms with Gasteiger partial charge in [-0.05, 0) is 86.6 Å². The van der Waals surface area contributed by atoms with Gasteiger partial charge in [0.1, 0.15) is 39.5 Å². The highest BCUT2D eigenvalue weighted by molar-refractivity contribution is 9.10. The van der Waals surface area contributed by atoms with E-state index >= 15 is 0 Å². The van der Waals surface area contributed by atoms with Gasteiger partial charge < -0.3 is 36.5 Å². The number of carboxylic acids is 1. The summed E-state index contributed by atoms with van der Waals surface area (Å²) in [5.41, 5.74) is 10.6. The van der Waals surface area contributed by atoms with Crippen LogP contribution in [0.3, 0.4) is 0 Å². The topological polar surface area (TPSA) is 234 Å². The number of hydrogen-bond acceptors (Lipinski definition) is 13. The van der Waals surface area contributed by atoms with Crippen LogP contribution in [0, 0.1) is 23.4 Å². The normalized spacial score (nSPS) is 10.7. The first-order valence-corrected chi connectivity index (χ1v) is 17.6. The van der Waals surface area contributed by atoms with Crippen molar-refractivity contribution in [3.05, 3.63) is 133 Å². The number of amides is 1. The number of pyridine rings is 6. The predicted octanol–water partition coefficient (Wildman–Crippen LogP) is 7.70. The van der Waals surface area contributed by atoms with Crippen LogP contribution in [0.5, 0.6) is 29.0 Å². The third kappa shape index (κ3) is 19.1. The lowest BCUT2D eigenvalue weighted by Crippen LogP contribution is -2.20. The van der Waals surface area contributed by atoms with E-state index in [0.29, 0.717) is 29.0 Å². The van der Waals surface area contributed by atoms with E-state index in [1.807, 2.05) is 0 Å². The van der Waals surface area contributed by atoms with Crippen molar-refractivity contribution in [2.75, 3.05) is 16.8 Å². The molecule has 6 heterocycles. The molecule has 2 atom stereocenters. The highest BCUT2D eigenvalue weighted by Crippen LogP contribution is 2.23. The van der Waals surface area contributed by atoms with Gasteiger partial charge >= 0.3 is 5.97 Å². The van der Waals surface area contributed by atoms with E-state index in [1.54, 1.807) is 38.1 Å². The number of carbonyl (C=O) groups excluding carboxylic acids is 1. The second-order valence-corrected chi connectivity index (χ2v) is 13.1. The molecule has 0 radical (unpaired) electrons. The first-order valence-electron chi connectivity index (χ1n) is 15.8. The Balaban J connectivity index is 0.000000265. The third-order valence-electron chi connectivity index (χ3n) is 5.81. The lowest BCUT2D eigenvalue weighted by molar-refractivity contribution is -0.135. The fourth-order valence-electron chi connectivity index (χ4n) is 3.07. The second kappa shape index (κ2) is 24.8. The van der Waals surface area contributed by atoms with Crippen molar-refractivity contribution in [3.63, 3.8) is 0 Å². The molecule has 15 nitrogen and oxygen atoms in total. The van der Waals surface area contributed by atoms with Gasteiger partial charge in [-0.25, -0.2) is 43.1 Å². The molecular formula is C36H33Br2F4N9O6. The number of ether oxygens (including phenoxy) is 2. The summed E-state index contributed by atoms with van der Waals surface area (Å²) in [7, 11) is 0. The Morgan fingerprint density at radius 1 is 0.649 bits per heavy atom. The highest BCUT2D eigenvalue weighted by Gasteiger charge is 2.10. The smallest absolute Gasteiger partial charge is 0.316 e. The summed E-state index contributed by atoms with van der Waals surface area (Å²) in [4.78, 5) is 42.3. The van der Waals surface area contributed by atoms with Crippen LogP contribution in [0.25, 0.3) is 0 Å². The van der Waals surface area contributed by atoms with Crippen molar-refractivity contribution < 1.29 is 46.8 Å². The maximum Gasteiger partial charge on any atom is 0.316 e. The van der Waals surface area contributed by atoms with Crippen LogP contribution in [-0.2, 0) is 9.59 Å². The number of nitrogen functional groups attached to an aromatic ring is 2. The summed E-state index contributed by atoms with van der Waals surface area (Å²) >= 11 is 5.99. The van der Waals surface area contributed by atoms with Crippen LogP contribution in [0.15, 0.2) is 110 Å². The first-order chi connectivity index (χ1) is 27.0. The van der Waals surface area contributed by atoms with E-state index in [9.17, 15) is 27.2 Å². The van der Waals surface area contributed by atoms with E-state index in [4.69, 9.17) is 31.2 Å². The van der Waals surface area contributed by atoms with Crippen LogP contribution >= 0.6 is 31.9 Å². The maximum atomic E-state index is 13.3. The van der Waals surface area contributed by atoms with Gasteiger partial charge in [0.15, 0.2) is 17.5 Å². The molecule has 6 aromatic heterocycles. The number of carboxylic acid groups (broad SMARTS) is 1. The molecule has 0 aliphatic heterocycles. The quantitative estimate of drug-likeness (QED) is 0.0587. The standard InChI is InChI=1S/C13H11BrFN3O2.C10H8FN3O.C5H3F2N.C5H6N2O.C3H5BrO2/c1-8(14)12(19)18-11-5-4-9(7-17-11)20-13-10(15)3-2-6-16-13;11-8-2-1-5-13-10(8)15-7-3-4-9(12)14-6-7;6-4-2-1-3-8-5(4)7;6-5-2-1-4(8)3-7-5;1-2(4)3(5)6/h2-8H,1H3,(H,17,18,19);1-6H,(H2,12,14);1-3H;1-3,8H,(H2,6,7);2H,1H3,(H,5,6). The van der Waals surface area contributed by atoms with E-state index in [1.165, 1.54) is 79.6 Å². The number of nitrogens with zero attached hydrogens (tertiary/aromatic N) is 6. The molecule has 0 fully saturated rings. The number of alkyl halides is 2. The number of nitrogens with two attached hydrogens (primary N) is 2. The summed E-state index contributed by atoms with van der Waals surface area (Å²) in [6, 6.07) is 17.1. The van der Waals surface area contributed by atoms with E-state index in [-0.39, 0.29) is 28.2 Å². The Bertz CT molecular complexity index is 2080. The molecular weight excluding hydrogens is 890 g/mol. The van der Waals surface area contributed by atoms with Crippen LogP contribution in [0.2, 0.25) is 0 Å². The fraction of sp³-hybridized carbons (Fsp3) is 0.111. The maximum absolute atomic E-state index is 13.3. The van der Waals surface area contributed by atoms with Gasteiger partial charge in [0, 0.05) is 18.6 Å². The van der Waals surface area contributed by atoms with Gasteiger partial charge in [-0.15, -0.1) is 0 Å². The Labute approximate surface area is 339 Å². The molecule has 0 aliphatic carbocycles. The van der Waals surface area contributed by atoms with E-state index < -0.39 is 34.2 Å². The number of aliphatic carboxylic acids is 1. The lowest BCUT2D eigenvalue weighted by atomic mass is 10.4. The summed E-state index contributed by atoms with van der Waals surface area (Å²) in [6.45, 7) is 3.26. The van der Waals surface area contributed by atoms with Gasteiger partial charge in [-0.1, -0.05) is 31.9 Å². The van der Waals surface area contributed by atoms with Crippen molar-refractivity contribution in [3.8, 4) is 29.0 Å². The molecule has 7 N–H and O–H groups in total. The molecule has 6 rings (SSSR count). The lowest BCUT2D eigenvalue weighted by Gasteiger charge is -2.07. The third-order valence-corrected chi connectivity index (χ3v) is 6.62. The van der Waals surface area contributed by atoms with E-state index in [0.717, 1.165) is 6.07 Å². The average Bonchev–Trinajstić information content (AvgIpc) is 3.18. The minimum atomic E-state index is -1.05. The minimum absolute atomic E-state index is 0.0796. The predicted molar refractivity (Wildman–Crippen MR) is 209 cm³/mol. The van der Waals surface area contributed by atoms with E-state index in [2.05, 4.69) is 67.1 Å². The number of anilines is 3. The average molecular weight is 924 g/mol. The van der Waals surface area contributed by atoms with Crippen molar-refractivity contribution in [1.82, 2.24) is 29.9 Å². The van der Waals surface area contributed by atoms with Crippen LogP contribution < -0.4 is 26.3 Å². The van der Waals surface area contributed by atoms with Gasteiger partial charge in [-0.2, -0.15) is 4.39 Å². The fourth-order valence-corrected chi connectivity index (χ4v) is 3.19. The van der Waals surface area contributed by atoms with Gasteiger partial charge in [0.25, 0.3) is 11.8 Å². The number of carbonyl (C=O) groups is 2. The van der Waals surface area contributed by atoms with Crippen LogP contribution in [0.4, 0.5) is 35.0 Å². The molecule has 57 heavy (non-hydrogen) atoms. The zero-order valence-corrected chi connectivity index (χ0v) is 32.9. The minimum Gasteiger partial charge on any atom is -0.506 e. The molecule has 0 saturated carbocycles. The Hall–Kier alpha value is -6.48. The van der Waals surface area contributed by atoms with Crippen molar-refractivity contribution in [1.29, 1.82) is 0 Å². The SMILES string of the molecule is CC(Br)C(=O)Nc1ccc(Oc2ncccc2F)cn1.CC(Br)C(=O)O.Fc1cccnc1F.Nc1ccc(O)cn1.Nc1ccc(Oc2ncccc2F)cn1. The summed E-state index contributed by atoms with van der Waals surface area (Å²) in [6.07, 6.45) is 8.15. The highest BCUT2D eigenvalue weighted by atomic mass is 79.9. The number of rotatable bonds is 7. The molecule has 6 aromatic rings. The summed E-state index contributed by atoms with van der Waals surface area (Å²) in [5, 5.41) is 19.2. The number of aromatic hydroxyl groups is 1. The Morgan fingerprint density at radius 2 is 1.11 bits per heavy atom. The number of aromatic nitrogens is 6. The molecule has 0 aromatic carbocycles. The van der Waals surface area contributed by atoms with Gasteiger partial charge in [0.05, 0.1) is 23.4 Å². The molecule has 0 saturated heterocycles. The molecule has 0 bridgehead atoms. The molecule has 21 heteroatoms. The Kier molecular flexibility index (Phi) is 20.3. The largest absolute Gasteiger partial charge is 0.506 e. The monoisotopic (exact) mass is 921 g/mol. The van der Waals surface area contributed by atoms with Gasteiger partial charge in [-0.3, -0.25) is 9.59 Å². The van der Waals surface area contributed by atoms with Crippen molar-refractivity contribution >= 4 is 61.2 Å². The van der Waals surface area contributed by atoms with Crippen LogP contribution in [-0.4, -0.2) is 61.6 Å². The molecule has 0 spiro atoms. The summed E-state index contributed by atoms with van der Waals surface area (Å²) < 4.78 is 60.6. The number of hydrogen-bond donors (Lipinski definition) is 5. The second-order valence-electron chi connectivity index (χ2n) is 10.4. The molecule has 1 amide bonds. The Morgan fingerprint density at radius 3 is 1.44 bits per heavy atom. The molecule has 2 unspecified atom stereocenters. The number of halogens is 6. The first kappa shape index (κ1) is 46.7. The number of nitrogens with one attached hydrogen (secondary N) is 1. The van der Waals surface area contributed by atoms with Gasteiger partial charge in [0.2, 0.25) is 11.9 Å². The molecule has 300 valence electrons. The van der Waals surface area contributed by atoms with Crippen molar-refractivity contribution in [2.24, 2.45) is 0 Å². The van der Waals surface area contributed by atoms with Crippen molar-refractivity contribution in [2.45, 2.75) is 23.5 Å². The summed E-state index contributed by atoms with van der Waals surface area (Å²) in [5.74, 6) is -2.23. The zero-order chi connectivity index (χ0) is 42.3. The van der Waals surface area contributed by atoms with Crippen LogP contribution in [0.1, 0.15) is 13.8 Å². The molecule has 0 aliphatic rings. The zero-order valence-electron chi connectivity index (χ0n) is 29.7.